The number of thiocarbonyl (C=S) groups is 1. The Morgan fingerprint density at radius 2 is 1.40 bits per heavy atom. The first-order valence-electron chi connectivity index (χ1n) is 8.15. The molecule has 3 heteroatoms. The molecule has 0 aliphatic rings. The van der Waals surface area contributed by atoms with Crippen molar-refractivity contribution >= 4 is 38.8 Å². The highest BCUT2D eigenvalue weighted by molar-refractivity contribution is 7.80. The number of rotatable bonds is 4. The molecule has 0 heterocycles. The second kappa shape index (κ2) is 6.54. The number of nitrogens with two attached hydrogens (primary N) is 1. The van der Waals surface area contributed by atoms with Gasteiger partial charge in [0.25, 0.3) is 0 Å². The maximum atomic E-state index is 6.13. The zero-order valence-electron chi connectivity index (χ0n) is 13.6. The van der Waals surface area contributed by atoms with Crippen LogP contribution in [-0.4, -0.2) is 4.99 Å². The maximum absolute atomic E-state index is 6.13. The quantitative estimate of drug-likeness (QED) is 0.517. The Morgan fingerprint density at radius 3 is 2.16 bits per heavy atom. The summed E-state index contributed by atoms with van der Waals surface area (Å²) < 4.78 is 6.13. The number of benzene rings is 4. The van der Waals surface area contributed by atoms with Crippen LogP contribution in [-0.2, 0) is 6.61 Å². The molecule has 0 aliphatic heterocycles. The Hall–Kier alpha value is -2.91. The highest BCUT2D eigenvalue weighted by atomic mass is 32.1. The molecule has 2 N–H and O–H groups in total. The molecule has 0 aromatic heterocycles. The third-order valence-electron chi connectivity index (χ3n) is 4.40. The molecule has 0 spiro atoms. The van der Waals surface area contributed by atoms with E-state index in [0.717, 1.165) is 27.6 Å². The first kappa shape index (κ1) is 15.6. The van der Waals surface area contributed by atoms with E-state index in [1.807, 2.05) is 48.5 Å². The molecular weight excluding hydrogens is 326 g/mol. The summed E-state index contributed by atoms with van der Waals surface area (Å²) in [6.45, 7) is 0.468. The molecule has 0 radical (unpaired) electrons. The van der Waals surface area contributed by atoms with Crippen molar-refractivity contribution in [2.24, 2.45) is 5.73 Å². The van der Waals surface area contributed by atoms with E-state index in [1.165, 1.54) is 10.8 Å². The zero-order valence-corrected chi connectivity index (χ0v) is 14.4. The van der Waals surface area contributed by atoms with Gasteiger partial charge in [-0.3, -0.25) is 0 Å². The standard InChI is InChI=1S/C22H17NOS/c23-22(25)21-19-11-4-2-7-16(19)12-13-20(21)24-14-17-9-5-8-15-6-1-3-10-18(15)17/h1-13H,14H2,(H2,23,25). The fourth-order valence-corrected chi connectivity index (χ4v) is 3.41. The van der Waals surface area contributed by atoms with Gasteiger partial charge in [0.05, 0.1) is 5.56 Å². The Kier molecular flexibility index (Phi) is 4.08. The lowest BCUT2D eigenvalue weighted by atomic mass is 10.0. The van der Waals surface area contributed by atoms with E-state index < -0.39 is 0 Å². The maximum Gasteiger partial charge on any atom is 0.130 e. The minimum Gasteiger partial charge on any atom is -0.488 e. The summed E-state index contributed by atoms with van der Waals surface area (Å²) in [5, 5.41) is 4.52. The van der Waals surface area contributed by atoms with Gasteiger partial charge in [0.1, 0.15) is 17.3 Å². The second-order valence-electron chi connectivity index (χ2n) is 5.95. The van der Waals surface area contributed by atoms with Gasteiger partial charge in [-0.25, -0.2) is 0 Å². The van der Waals surface area contributed by atoms with Crippen LogP contribution in [0.25, 0.3) is 21.5 Å². The van der Waals surface area contributed by atoms with E-state index in [1.54, 1.807) is 0 Å². The van der Waals surface area contributed by atoms with E-state index in [-0.39, 0.29) is 0 Å². The van der Waals surface area contributed by atoms with Crippen LogP contribution in [0.1, 0.15) is 11.1 Å². The number of hydrogen-bond donors (Lipinski definition) is 1. The van der Waals surface area contributed by atoms with Gasteiger partial charge >= 0.3 is 0 Å². The SMILES string of the molecule is NC(=S)c1c(OCc2cccc3ccccc23)ccc2ccccc12. The summed E-state index contributed by atoms with van der Waals surface area (Å²) in [6.07, 6.45) is 0. The van der Waals surface area contributed by atoms with Crippen molar-refractivity contribution in [1.29, 1.82) is 0 Å². The van der Waals surface area contributed by atoms with Gasteiger partial charge in [0, 0.05) is 0 Å². The number of fused-ring (bicyclic) bond motifs is 2. The molecule has 0 saturated heterocycles. The number of ether oxygens (including phenoxy) is 1. The molecule has 0 aliphatic carbocycles. The van der Waals surface area contributed by atoms with Crippen molar-refractivity contribution in [3.63, 3.8) is 0 Å². The van der Waals surface area contributed by atoms with Gasteiger partial charge in [-0.15, -0.1) is 0 Å². The second-order valence-corrected chi connectivity index (χ2v) is 6.39. The Morgan fingerprint density at radius 1 is 0.760 bits per heavy atom. The zero-order chi connectivity index (χ0) is 17.2. The Balaban J connectivity index is 1.73. The molecule has 4 rings (SSSR count). The van der Waals surface area contributed by atoms with Crippen molar-refractivity contribution in [2.45, 2.75) is 6.61 Å². The van der Waals surface area contributed by atoms with E-state index in [2.05, 4.69) is 30.3 Å². The summed E-state index contributed by atoms with van der Waals surface area (Å²) in [5.41, 5.74) is 7.93. The van der Waals surface area contributed by atoms with Gasteiger partial charge in [-0.05, 0) is 33.2 Å². The van der Waals surface area contributed by atoms with Crippen LogP contribution in [0.2, 0.25) is 0 Å². The summed E-state index contributed by atoms with van der Waals surface area (Å²) in [4.78, 5) is 0.352. The van der Waals surface area contributed by atoms with E-state index in [4.69, 9.17) is 22.7 Å². The normalized spacial score (nSPS) is 10.9. The Labute approximate surface area is 151 Å². The first-order chi connectivity index (χ1) is 12.2. The van der Waals surface area contributed by atoms with Gasteiger partial charge in [-0.2, -0.15) is 0 Å². The molecule has 4 aromatic carbocycles. The van der Waals surface area contributed by atoms with E-state index >= 15 is 0 Å². The lowest BCUT2D eigenvalue weighted by molar-refractivity contribution is 0.307. The molecule has 2 nitrogen and oxygen atoms in total. The van der Waals surface area contributed by atoms with Gasteiger partial charge in [0.2, 0.25) is 0 Å². The number of hydrogen-bond acceptors (Lipinski definition) is 2. The van der Waals surface area contributed by atoms with Crippen molar-refractivity contribution < 1.29 is 4.74 Å². The van der Waals surface area contributed by atoms with Crippen LogP contribution < -0.4 is 10.5 Å². The highest BCUT2D eigenvalue weighted by Gasteiger charge is 2.12. The molecule has 0 atom stereocenters. The summed E-state index contributed by atoms with van der Waals surface area (Å²) in [5.74, 6) is 0.721. The topological polar surface area (TPSA) is 35.2 Å². The molecule has 0 bridgehead atoms. The molecule has 25 heavy (non-hydrogen) atoms. The minimum absolute atomic E-state index is 0.352. The minimum atomic E-state index is 0.352. The summed E-state index contributed by atoms with van der Waals surface area (Å²) in [7, 11) is 0. The summed E-state index contributed by atoms with van der Waals surface area (Å²) >= 11 is 5.28. The average Bonchev–Trinajstić information content (AvgIpc) is 2.65. The molecule has 0 amide bonds. The van der Waals surface area contributed by atoms with Crippen LogP contribution >= 0.6 is 12.2 Å². The van der Waals surface area contributed by atoms with Crippen molar-refractivity contribution in [3.8, 4) is 5.75 Å². The molecule has 122 valence electrons. The summed E-state index contributed by atoms with van der Waals surface area (Å²) in [6, 6.07) is 26.6. The highest BCUT2D eigenvalue weighted by Crippen LogP contribution is 2.29. The smallest absolute Gasteiger partial charge is 0.130 e. The molecule has 0 saturated carbocycles. The molecule has 4 aromatic rings. The monoisotopic (exact) mass is 343 g/mol. The average molecular weight is 343 g/mol. The fourth-order valence-electron chi connectivity index (χ4n) is 3.20. The third-order valence-corrected chi connectivity index (χ3v) is 4.60. The van der Waals surface area contributed by atoms with Crippen LogP contribution in [0.15, 0.2) is 78.9 Å². The van der Waals surface area contributed by atoms with Crippen LogP contribution in [0.3, 0.4) is 0 Å². The Bertz CT molecular complexity index is 1080. The largest absolute Gasteiger partial charge is 0.488 e. The van der Waals surface area contributed by atoms with E-state index in [0.29, 0.717) is 11.6 Å². The van der Waals surface area contributed by atoms with Crippen molar-refractivity contribution in [1.82, 2.24) is 0 Å². The van der Waals surface area contributed by atoms with Crippen molar-refractivity contribution in [2.75, 3.05) is 0 Å². The van der Waals surface area contributed by atoms with E-state index in [9.17, 15) is 0 Å². The van der Waals surface area contributed by atoms with Gasteiger partial charge in [0.15, 0.2) is 0 Å². The molecule has 0 fully saturated rings. The van der Waals surface area contributed by atoms with Gasteiger partial charge < -0.3 is 10.5 Å². The lowest BCUT2D eigenvalue weighted by Crippen LogP contribution is -2.12. The predicted molar refractivity (Wildman–Crippen MR) is 108 cm³/mol. The van der Waals surface area contributed by atoms with Crippen LogP contribution in [0.5, 0.6) is 5.75 Å². The molecule has 0 unspecified atom stereocenters. The predicted octanol–water partition coefficient (Wildman–Crippen LogP) is 5.21. The third kappa shape index (κ3) is 2.94. The first-order valence-corrected chi connectivity index (χ1v) is 8.56. The lowest BCUT2D eigenvalue weighted by Gasteiger charge is -2.14. The van der Waals surface area contributed by atoms with Crippen LogP contribution in [0, 0.1) is 0 Å². The molecular formula is C22H17NOS. The van der Waals surface area contributed by atoms with Crippen LogP contribution in [0.4, 0.5) is 0 Å². The van der Waals surface area contributed by atoms with Crippen molar-refractivity contribution in [3.05, 3.63) is 90.0 Å². The van der Waals surface area contributed by atoms with Gasteiger partial charge in [-0.1, -0.05) is 85.0 Å². The fraction of sp³-hybridized carbons (Fsp3) is 0.0455.